The van der Waals surface area contributed by atoms with Gasteiger partial charge in [0, 0.05) is 6.42 Å². The molecule has 1 aromatic carbocycles. The van der Waals surface area contributed by atoms with E-state index in [1.807, 2.05) is 24.3 Å². The average Bonchev–Trinajstić information content (AvgIpc) is 2.58. The third kappa shape index (κ3) is 2.79. The third-order valence-corrected chi connectivity index (χ3v) is 3.90. The lowest BCUT2D eigenvalue weighted by molar-refractivity contribution is 0.179. The molecule has 1 N–H and O–H groups in total. The quantitative estimate of drug-likeness (QED) is 0.860. The molecule has 1 unspecified atom stereocenters. The lowest BCUT2D eigenvalue weighted by Gasteiger charge is -2.17. The molecule has 0 fully saturated rings. The lowest BCUT2D eigenvalue weighted by Crippen LogP contribution is -2.27. The Morgan fingerprint density at radius 1 is 1.31 bits per heavy atom. The second kappa shape index (κ2) is 4.67. The van der Waals surface area contributed by atoms with Crippen molar-refractivity contribution in [3.8, 4) is 0 Å². The Hall–Kier alpha value is -0.0600. The van der Waals surface area contributed by atoms with Gasteiger partial charge in [0.1, 0.15) is 6.10 Å². The number of aliphatic hydroxyl groups excluding tert-OH is 1. The summed E-state index contributed by atoms with van der Waals surface area (Å²) in [4.78, 5) is 4.35. The molecule has 0 aliphatic rings. The van der Waals surface area contributed by atoms with E-state index in [-0.39, 0.29) is 6.42 Å². The van der Waals surface area contributed by atoms with Crippen LogP contribution in [0.2, 0.25) is 0 Å². The highest BCUT2D eigenvalue weighted by Gasteiger charge is 2.31. The number of benzene rings is 1. The van der Waals surface area contributed by atoms with Crippen LogP contribution in [0.25, 0.3) is 10.2 Å². The predicted octanol–water partition coefficient (Wildman–Crippen LogP) is 3.57. The molecule has 2 rings (SSSR count). The maximum atomic E-state index is 9.64. The SMILES string of the molecule is OC(Cc1nc2ccccc2s1)C(Cl)(Cl)Cl. The van der Waals surface area contributed by atoms with Gasteiger partial charge in [-0.1, -0.05) is 46.9 Å². The van der Waals surface area contributed by atoms with Gasteiger partial charge in [0.15, 0.2) is 0 Å². The monoisotopic (exact) mass is 295 g/mol. The normalized spacial score (nSPS) is 14.2. The molecule has 0 radical (unpaired) electrons. The summed E-state index contributed by atoms with van der Waals surface area (Å²) in [7, 11) is 0. The number of rotatable bonds is 2. The molecule has 16 heavy (non-hydrogen) atoms. The summed E-state index contributed by atoms with van der Waals surface area (Å²) >= 11 is 18.3. The first kappa shape index (κ1) is 12.4. The second-order valence-corrected chi connectivity index (χ2v) is 6.82. The Kier molecular flexibility index (Phi) is 3.62. The van der Waals surface area contributed by atoms with Gasteiger partial charge >= 0.3 is 0 Å². The van der Waals surface area contributed by atoms with Crippen molar-refractivity contribution in [3.05, 3.63) is 29.3 Å². The van der Waals surface area contributed by atoms with Crippen LogP contribution in [0.1, 0.15) is 5.01 Å². The van der Waals surface area contributed by atoms with Crippen LogP contribution in [0.15, 0.2) is 24.3 Å². The first-order chi connectivity index (χ1) is 7.47. The molecule has 1 aromatic heterocycles. The first-order valence-corrected chi connectivity index (χ1v) is 6.51. The molecule has 2 aromatic rings. The number of thiazole rings is 1. The van der Waals surface area contributed by atoms with Gasteiger partial charge in [-0.15, -0.1) is 11.3 Å². The number of halogens is 3. The summed E-state index contributed by atoms with van der Waals surface area (Å²) < 4.78 is -0.605. The Morgan fingerprint density at radius 3 is 2.62 bits per heavy atom. The molecule has 0 spiro atoms. The fourth-order valence-electron chi connectivity index (χ4n) is 1.29. The minimum Gasteiger partial charge on any atom is -0.388 e. The fourth-order valence-corrected chi connectivity index (χ4v) is 2.52. The molecule has 6 heteroatoms. The van der Waals surface area contributed by atoms with E-state index in [1.165, 1.54) is 11.3 Å². The van der Waals surface area contributed by atoms with Gasteiger partial charge in [0.05, 0.1) is 15.2 Å². The van der Waals surface area contributed by atoms with Crippen LogP contribution >= 0.6 is 46.1 Å². The van der Waals surface area contributed by atoms with Crippen LogP contribution in [-0.2, 0) is 6.42 Å². The fraction of sp³-hybridized carbons (Fsp3) is 0.300. The molecular formula is C10H8Cl3NOS. The summed E-state index contributed by atoms with van der Waals surface area (Å²) in [5, 5.41) is 10.4. The van der Waals surface area contributed by atoms with E-state index in [2.05, 4.69) is 4.98 Å². The van der Waals surface area contributed by atoms with E-state index in [4.69, 9.17) is 34.8 Å². The Balaban J connectivity index is 2.22. The zero-order chi connectivity index (χ0) is 11.8. The van der Waals surface area contributed by atoms with Crippen LogP contribution < -0.4 is 0 Å². The van der Waals surface area contributed by atoms with Crippen molar-refractivity contribution in [1.29, 1.82) is 0 Å². The molecule has 86 valence electrons. The van der Waals surface area contributed by atoms with Gasteiger partial charge in [0.25, 0.3) is 0 Å². The minimum atomic E-state index is -1.67. The Labute approximate surface area is 112 Å². The zero-order valence-electron chi connectivity index (χ0n) is 8.03. The predicted molar refractivity (Wildman–Crippen MR) is 69.6 cm³/mol. The number of nitrogens with zero attached hydrogens (tertiary/aromatic N) is 1. The molecule has 0 saturated heterocycles. The summed E-state index contributed by atoms with van der Waals surface area (Å²) in [6, 6.07) is 7.74. The van der Waals surface area contributed by atoms with Crippen molar-refractivity contribution in [2.45, 2.75) is 16.3 Å². The first-order valence-electron chi connectivity index (χ1n) is 4.56. The number of hydrogen-bond acceptors (Lipinski definition) is 3. The largest absolute Gasteiger partial charge is 0.388 e. The lowest BCUT2D eigenvalue weighted by atomic mass is 10.3. The number of para-hydroxylation sites is 1. The van der Waals surface area contributed by atoms with Crippen LogP contribution in [0, 0.1) is 0 Å². The number of aromatic nitrogens is 1. The highest BCUT2D eigenvalue weighted by molar-refractivity contribution is 7.18. The molecule has 0 aliphatic heterocycles. The van der Waals surface area contributed by atoms with E-state index >= 15 is 0 Å². The number of hydrogen-bond donors (Lipinski definition) is 1. The smallest absolute Gasteiger partial charge is 0.216 e. The molecule has 2 nitrogen and oxygen atoms in total. The van der Waals surface area contributed by atoms with Crippen molar-refractivity contribution in [2.75, 3.05) is 0 Å². The molecular weight excluding hydrogens is 289 g/mol. The van der Waals surface area contributed by atoms with E-state index in [1.54, 1.807) is 0 Å². The maximum absolute atomic E-state index is 9.64. The Morgan fingerprint density at radius 2 is 2.00 bits per heavy atom. The molecule has 1 heterocycles. The standard InChI is InChI=1S/C10H8Cl3NOS/c11-10(12,13)8(15)5-9-14-6-3-1-2-4-7(6)16-9/h1-4,8,15H,5H2. The van der Waals surface area contributed by atoms with Crippen LogP contribution in [-0.4, -0.2) is 20.0 Å². The summed E-state index contributed by atoms with van der Waals surface area (Å²) in [5.41, 5.74) is 0.902. The number of fused-ring (bicyclic) bond motifs is 1. The maximum Gasteiger partial charge on any atom is 0.216 e. The van der Waals surface area contributed by atoms with Gasteiger partial charge in [-0.25, -0.2) is 4.98 Å². The minimum absolute atomic E-state index is 0.246. The highest BCUT2D eigenvalue weighted by Crippen LogP contribution is 2.33. The topological polar surface area (TPSA) is 33.1 Å². The van der Waals surface area contributed by atoms with Gasteiger partial charge in [-0.2, -0.15) is 0 Å². The van der Waals surface area contributed by atoms with E-state index in [9.17, 15) is 5.11 Å². The van der Waals surface area contributed by atoms with Crippen molar-refractivity contribution in [3.63, 3.8) is 0 Å². The van der Waals surface area contributed by atoms with E-state index < -0.39 is 9.90 Å². The van der Waals surface area contributed by atoms with Crippen LogP contribution in [0.5, 0.6) is 0 Å². The highest BCUT2D eigenvalue weighted by atomic mass is 35.6. The number of alkyl halides is 3. The Bertz CT molecular complexity index is 461. The summed E-state index contributed by atoms with van der Waals surface area (Å²) in [6.07, 6.45) is -0.798. The molecule has 1 atom stereocenters. The van der Waals surface area contributed by atoms with Gasteiger partial charge in [-0.3, -0.25) is 0 Å². The summed E-state index contributed by atoms with van der Waals surface area (Å²) in [5.74, 6) is 0. The van der Waals surface area contributed by atoms with Gasteiger partial charge in [-0.05, 0) is 12.1 Å². The molecule has 0 aliphatic carbocycles. The second-order valence-electron chi connectivity index (χ2n) is 3.34. The molecule has 0 bridgehead atoms. The van der Waals surface area contributed by atoms with Crippen LogP contribution in [0.4, 0.5) is 0 Å². The summed E-state index contributed by atoms with van der Waals surface area (Å²) in [6.45, 7) is 0. The van der Waals surface area contributed by atoms with Crippen molar-refractivity contribution < 1.29 is 5.11 Å². The van der Waals surface area contributed by atoms with Crippen molar-refractivity contribution in [1.82, 2.24) is 4.98 Å². The third-order valence-electron chi connectivity index (χ3n) is 2.08. The molecule has 0 amide bonds. The average molecular weight is 297 g/mol. The van der Waals surface area contributed by atoms with Gasteiger partial charge < -0.3 is 5.11 Å². The van der Waals surface area contributed by atoms with Crippen molar-refractivity contribution in [2.24, 2.45) is 0 Å². The van der Waals surface area contributed by atoms with Crippen LogP contribution in [0.3, 0.4) is 0 Å². The number of aliphatic hydroxyl groups is 1. The zero-order valence-corrected chi connectivity index (χ0v) is 11.1. The van der Waals surface area contributed by atoms with E-state index in [0.717, 1.165) is 15.2 Å². The van der Waals surface area contributed by atoms with Gasteiger partial charge in [0.2, 0.25) is 3.79 Å². The van der Waals surface area contributed by atoms with E-state index in [0.29, 0.717) is 0 Å². The molecule has 0 saturated carbocycles. The van der Waals surface area contributed by atoms with Crippen molar-refractivity contribution >= 4 is 56.4 Å².